The van der Waals surface area contributed by atoms with Crippen LogP contribution >= 0.6 is 11.3 Å². The van der Waals surface area contributed by atoms with Crippen molar-refractivity contribution in [2.24, 2.45) is 0 Å². The number of hydrogen-bond acceptors (Lipinski definition) is 4. The van der Waals surface area contributed by atoms with Crippen LogP contribution in [0.15, 0.2) is 40.6 Å². The summed E-state index contributed by atoms with van der Waals surface area (Å²) in [6.45, 7) is 2.88. The first-order valence-electron chi connectivity index (χ1n) is 6.79. The summed E-state index contributed by atoms with van der Waals surface area (Å²) in [6, 6.07) is 9.51. The minimum Gasteiger partial charge on any atom is -0.316 e. The maximum Gasteiger partial charge on any atom is 0.240 e. The summed E-state index contributed by atoms with van der Waals surface area (Å²) in [5, 5.41) is 5.03. The quantitative estimate of drug-likeness (QED) is 0.821. The molecule has 2 rings (SSSR count). The van der Waals surface area contributed by atoms with Gasteiger partial charge in [-0.05, 0) is 49.0 Å². The van der Waals surface area contributed by atoms with Gasteiger partial charge in [-0.3, -0.25) is 0 Å². The van der Waals surface area contributed by atoms with Crippen molar-refractivity contribution >= 4 is 21.4 Å². The van der Waals surface area contributed by atoms with Gasteiger partial charge >= 0.3 is 0 Å². The van der Waals surface area contributed by atoms with Crippen LogP contribution in [-0.2, 0) is 23.0 Å². The van der Waals surface area contributed by atoms with Crippen LogP contribution in [0.5, 0.6) is 0 Å². The molecule has 0 spiro atoms. The Morgan fingerprint density at radius 3 is 2.71 bits per heavy atom. The summed E-state index contributed by atoms with van der Waals surface area (Å²) < 4.78 is 27.5. The molecule has 0 radical (unpaired) electrons. The highest BCUT2D eigenvalue weighted by molar-refractivity contribution is 7.89. The summed E-state index contributed by atoms with van der Waals surface area (Å²) >= 11 is 1.64. The van der Waals surface area contributed by atoms with E-state index in [0.717, 1.165) is 11.1 Å². The van der Waals surface area contributed by atoms with Gasteiger partial charge in [-0.15, -0.1) is 11.3 Å². The zero-order chi connectivity index (χ0) is 15.3. The normalized spacial score (nSPS) is 11.7. The molecule has 4 nitrogen and oxygen atoms in total. The minimum atomic E-state index is -3.46. The summed E-state index contributed by atoms with van der Waals surface area (Å²) in [5.41, 5.74) is 1.72. The highest BCUT2D eigenvalue weighted by Gasteiger charge is 2.16. The van der Waals surface area contributed by atoms with E-state index in [4.69, 9.17) is 0 Å². The Labute approximate surface area is 130 Å². The molecule has 1 aromatic carbocycles. The molecule has 114 valence electrons. The van der Waals surface area contributed by atoms with Crippen LogP contribution in [0.25, 0.3) is 0 Å². The van der Waals surface area contributed by atoms with Crippen LogP contribution in [0.3, 0.4) is 0 Å². The second kappa shape index (κ2) is 7.17. The zero-order valence-electron chi connectivity index (χ0n) is 12.2. The molecule has 0 atom stereocenters. The average molecular weight is 324 g/mol. The Bertz CT molecular complexity index is 680. The van der Waals surface area contributed by atoms with Crippen LogP contribution in [0.2, 0.25) is 0 Å². The molecule has 0 aliphatic carbocycles. The van der Waals surface area contributed by atoms with E-state index in [1.165, 1.54) is 4.88 Å². The number of hydrogen-bond donors (Lipinski definition) is 2. The van der Waals surface area contributed by atoms with Crippen molar-refractivity contribution in [3.63, 3.8) is 0 Å². The van der Waals surface area contributed by atoms with Gasteiger partial charge in [0.1, 0.15) is 0 Å². The number of aryl methyl sites for hydroxylation is 1. The number of benzene rings is 1. The first kappa shape index (κ1) is 16.2. The second-order valence-electron chi connectivity index (χ2n) is 4.86. The minimum absolute atomic E-state index is 0.362. The molecule has 1 aromatic heterocycles. The lowest BCUT2D eigenvalue weighted by atomic mass is 10.1. The summed E-state index contributed by atoms with van der Waals surface area (Å²) in [7, 11) is -1.62. The second-order valence-corrected chi connectivity index (χ2v) is 7.62. The van der Waals surface area contributed by atoms with Gasteiger partial charge in [-0.2, -0.15) is 0 Å². The van der Waals surface area contributed by atoms with Crippen molar-refractivity contribution < 1.29 is 8.42 Å². The Balaban J connectivity index is 2.09. The maximum absolute atomic E-state index is 12.4. The molecule has 0 unspecified atom stereocenters. The fourth-order valence-electron chi connectivity index (χ4n) is 2.09. The Morgan fingerprint density at radius 2 is 2.05 bits per heavy atom. The molecule has 6 heteroatoms. The van der Waals surface area contributed by atoms with E-state index in [0.29, 0.717) is 24.4 Å². The van der Waals surface area contributed by atoms with Crippen LogP contribution < -0.4 is 10.0 Å². The van der Waals surface area contributed by atoms with E-state index in [1.54, 1.807) is 17.4 Å². The summed E-state index contributed by atoms with van der Waals surface area (Å²) in [4.78, 5) is 1.54. The predicted molar refractivity (Wildman–Crippen MR) is 87.2 cm³/mol. The fourth-order valence-corrected chi connectivity index (χ4v) is 4.12. The zero-order valence-corrected chi connectivity index (χ0v) is 13.9. The first-order chi connectivity index (χ1) is 10.0. The molecule has 2 aromatic rings. The molecule has 1 heterocycles. The van der Waals surface area contributed by atoms with Crippen molar-refractivity contribution in [3.8, 4) is 0 Å². The number of thiophene rings is 1. The van der Waals surface area contributed by atoms with Gasteiger partial charge in [0.05, 0.1) is 4.90 Å². The van der Waals surface area contributed by atoms with Gasteiger partial charge in [0.25, 0.3) is 0 Å². The number of rotatable bonds is 7. The largest absolute Gasteiger partial charge is 0.316 e. The molecule has 0 fully saturated rings. The van der Waals surface area contributed by atoms with E-state index >= 15 is 0 Å². The summed E-state index contributed by atoms with van der Waals surface area (Å²) in [6.07, 6.45) is 0.714. The third kappa shape index (κ3) is 4.38. The van der Waals surface area contributed by atoms with E-state index in [2.05, 4.69) is 10.0 Å². The van der Waals surface area contributed by atoms with Crippen LogP contribution in [-0.4, -0.2) is 22.0 Å². The van der Waals surface area contributed by atoms with Crippen LogP contribution in [0.4, 0.5) is 0 Å². The first-order valence-corrected chi connectivity index (χ1v) is 9.15. The van der Waals surface area contributed by atoms with E-state index in [1.807, 2.05) is 43.6 Å². The number of sulfonamides is 1. The molecule has 0 saturated carbocycles. The summed E-state index contributed by atoms with van der Waals surface area (Å²) in [5.74, 6) is 0. The molecule has 21 heavy (non-hydrogen) atoms. The van der Waals surface area contributed by atoms with Crippen LogP contribution in [0.1, 0.15) is 16.0 Å². The van der Waals surface area contributed by atoms with Crippen molar-refractivity contribution in [2.45, 2.75) is 24.8 Å². The van der Waals surface area contributed by atoms with E-state index in [9.17, 15) is 8.42 Å². The highest BCUT2D eigenvalue weighted by Crippen LogP contribution is 2.17. The van der Waals surface area contributed by atoms with Gasteiger partial charge in [0.15, 0.2) is 0 Å². The van der Waals surface area contributed by atoms with E-state index < -0.39 is 10.0 Å². The van der Waals surface area contributed by atoms with Crippen molar-refractivity contribution in [2.75, 3.05) is 13.6 Å². The molecule has 0 aliphatic heterocycles. The number of nitrogens with one attached hydrogen (secondary N) is 2. The molecule has 0 aliphatic rings. The SMILES string of the molecule is CNCc1ccc(C)c(S(=O)(=O)NCCc2cccs2)c1. The third-order valence-corrected chi connectivity index (χ3v) is 5.71. The van der Waals surface area contributed by atoms with Crippen LogP contribution in [0, 0.1) is 6.92 Å². The Morgan fingerprint density at radius 1 is 1.24 bits per heavy atom. The Kier molecular flexibility index (Phi) is 5.52. The molecule has 0 bridgehead atoms. The average Bonchev–Trinajstić information content (AvgIpc) is 2.94. The fraction of sp³-hybridized carbons (Fsp3) is 0.333. The molecular formula is C15H20N2O2S2. The Hall–Kier alpha value is -1.21. The van der Waals surface area contributed by atoms with Crippen molar-refractivity contribution in [1.82, 2.24) is 10.0 Å². The monoisotopic (exact) mass is 324 g/mol. The van der Waals surface area contributed by atoms with E-state index in [-0.39, 0.29) is 0 Å². The van der Waals surface area contributed by atoms with Crippen molar-refractivity contribution in [1.29, 1.82) is 0 Å². The van der Waals surface area contributed by atoms with Gasteiger partial charge in [0.2, 0.25) is 10.0 Å². The van der Waals surface area contributed by atoms with Gasteiger partial charge in [0, 0.05) is 18.0 Å². The molecule has 0 amide bonds. The lowest BCUT2D eigenvalue weighted by Crippen LogP contribution is -2.26. The molecule has 2 N–H and O–H groups in total. The smallest absolute Gasteiger partial charge is 0.240 e. The topological polar surface area (TPSA) is 58.2 Å². The predicted octanol–water partition coefficient (Wildman–Crippen LogP) is 2.30. The van der Waals surface area contributed by atoms with Gasteiger partial charge in [-0.1, -0.05) is 18.2 Å². The lowest BCUT2D eigenvalue weighted by molar-refractivity contribution is 0.581. The third-order valence-electron chi connectivity index (χ3n) is 3.17. The van der Waals surface area contributed by atoms with Gasteiger partial charge < -0.3 is 5.32 Å². The van der Waals surface area contributed by atoms with Crippen molar-refractivity contribution in [3.05, 3.63) is 51.7 Å². The molecule has 0 saturated heterocycles. The maximum atomic E-state index is 12.4. The van der Waals surface area contributed by atoms with Gasteiger partial charge in [-0.25, -0.2) is 13.1 Å². The lowest BCUT2D eigenvalue weighted by Gasteiger charge is -2.11. The standard InChI is InChI=1S/C15H20N2O2S2/c1-12-5-6-13(11-16-2)10-15(12)21(18,19)17-8-7-14-4-3-9-20-14/h3-6,9-10,16-17H,7-8,11H2,1-2H3. The highest BCUT2D eigenvalue weighted by atomic mass is 32.2. The molecular weight excluding hydrogens is 304 g/mol.